The van der Waals surface area contributed by atoms with Gasteiger partial charge in [-0.15, -0.1) is 0 Å². The molecule has 0 aliphatic carbocycles. The summed E-state index contributed by atoms with van der Waals surface area (Å²) in [6.45, 7) is 6.93. The molecule has 0 aliphatic heterocycles. The first-order valence-electron chi connectivity index (χ1n) is 9.45. The molecule has 6 nitrogen and oxygen atoms in total. The highest BCUT2D eigenvalue weighted by Crippen LogP contribution is 2.32. The molecule has 0 N–H and O–H groups in total. The number of aromatic nitrogens is 3. The van der Waals surface area contributed by atoms with Crippen molar-refractivity contribution in [3.63, 3.8) is 0 Å². The Hall–Kier alpha value is -2.39. The fourth-order valence-corrected chi connectivity index (χ4v) is 4.13. The molecule has 0 saturated heterocycles. The third-order valence-corrected chi connectivity index (χ3v) is 5.46. The third-order valence-electron chi connectivity index (χ3n) is 4.43. The number of halogens is 2. The standard InChI is InChI=1S/C20H25F2N5OS/c1-12(2)27-16(9-13(3)24-27)19(28)26(8-6-7-25(4)5)20-23-18-15(22)10-14(21)11-17(18)29-20/h9-12H,6-8H2,1-5H3. The molecular weight excluding hydrogens is 396 g/mol. The Morgan fingerprint density at radius 3 is 2.59 bits per heavy atom. The number of hydrogen-bond acceptors (Lipinski definition) is 5. The average molecular weight is 422 g/mol. The number of benzene rings is 1. The molecule has 0 unspecified atom stereocenters. The highest BCUT2D eigenvalue weighted by atomic mass is 32.1. The molecule has 9 heteroatoms. The minimum atomic E-state index is -0.730. The number of rotatable bonds is 7. The van der Waals surface area contributed by atoms with Gasteiger partial charge in [-0.3, -0.25) is 14.4 Å². The van der Waals surface area contributed by atoms with Crippen LogP contribution in [0.25, 0.3) is 10.2 Å². The van der Waals surface area contributed by atoms with Gasteiger partial charge in [-0.2, -0.15) is 5.10 Å². The van der Waals surface area contributed by atoms with E-state index in [4.69, 9.17) is 0 Å². The molecule has 0 aliphatic rings. The highest BCUT2D eigenvalue weighted by molar-refractivity contribution is 7.22. The number of amides is 1. The van der Waals surface area contributed by atoms with Crippen LogP contribution in [0.15, 0.2) is 18.2 Å². The zero-order chi connectivity index (χ0) is 21.3. The topological polar surface area (TPSA) is 54.3 Å². The lowest BCUT2D eigenvalue weighted by Gasteiger charge is -2.22. The van der Waals surface area contributed by atoms with E-state index in [1.807, 2.05) is 39.8 Å². The van der Waals surface area contributed by atoms with Gasteiger partial charge in [0.05, 0.1) is 10.4 Å². The quantitative estimate of drug-likeness (QED) is 0.572. The Morgan fingerprint density at radius 1 is 1.21 bits per heavy atom. The van der Waals surface area contributed by atoms with Crippen LogP contribution in [0.2, 0.25) is 0 Å². The summed E-state index contributed by atoms with van der Waals surface area (Å²) in [5.41, 5.74) is 1.27. The van der Waals surface area contributed by atoms with E-state index in [2.05, 4.69) is 10.1 Å². The molecule has 1 amide bonds. The second kappa shape index (κ2) is 8.54. The number of carbonyl (C=O) groups excluding carboxylic acids is 1. The molecule has 29 heavy (non-hydrogen) atoms. The number of fused-ring (bicyclic) bond motifs is 1. The first kappa shape index (κ1) is 21.3. The van der Waals surface area contributed by atoms with Gasteiger partial charge in [0.1, 0.15) is 17.0 Å². The van der Waals surface area contributed by atoms with Crippen LogP contribution in [0.1, 0.15) is 42.5 Å². The van der Waals surface area contributed by atoms with Crippen molar-refractivity contribution in [1.82, 2.24) is 19.7 Å². The van der Waals surface area contributed by atoms with Gasteiger partial charge in [-0.1, -0.05) is 11.3 Å². The maximum absolute atomic E-state index is 14.2. The third kappa shape index (κ3) is 4.62. The molecule has 2 aromatic heterocycles. The van der Waals surface area contributed by atoms with Crippen LogP contribution in [-0.2, 0) is 0 Å². The molecule has 3 rings (SSSR count). The molecule has 1 aromatic carbocycles. The van der Waals surface area contributed by atoms with Crippen molar-refractivity contribution in [2.75, 3.05) is 32.1 Å². The van der Waals surface area contributed by atoms with Gasteiger partial charge in [0.15, 0.2) is 10.9 Å². The first-order chi connectivity index (χ1) is 13.7. The summed E-state index contributed by atoms with van der Waals surface area (Å²) in [6, 6.07) is 3.80. The van der Waals surface area contributed by atoms with Crippen molar-refractivity contribution in [2.24, 2.45) is 0 Å². The lowest BCUT2D eigenvalue weighted by Crippen LogP contribution is -2.35. The van der Waals surface area contributed by atoms with Crippen LogP contribution in [0.4, 0.5) is 13.9 Å². The van der Waals surface area contributed by atoms with E-state index in [-0.39, 0.29) is 17.5 Å². The predicted molar refractivity (Wildman–Crippen MR) is 112 cm³/mol. The molecule has 3 aromatic rings. The van der Waals surface area contributed by atoms with Gasteiger partial charge in [0.25, 0.3) is 5.91 Å². The zero-order valence-corrected chi connectivity index (χ0v) is 18.1. The Balaban J connectivity index is 2.03. The fourth-order valence-electron chi connectivity index (χ4n) is 3.10. The predicted octanol–water partition coefficient (Wildman–Crippen LogP) is 4.26. The molecule has 0 spiro atoms. The summed E-state index contributed by atoms with van der Waals surface area (Å²) in [5, 5.41) is 4.77. The van der Waals surface area contributed by atoms with Gasteiger partial charge in [0.2, 0.25) is 0 Å². The van der Waals surface area contributed by atoms with Crippen LogP contribution in [0.5, 0.6) is 0 Å². The maximum atomic E-state index is 14.2. The lowest BCUT2D eigenvalue weighted by molar-refractivity contribution is 0.0974. The zero-order valence-electron chi connectivity index (χ0n) is 17.2. The summed E-state index contributed by atoms with van der Waals surface area (Å²) in [7, 11) is 3.92. The molecule has 0 saturated carbocycles. The van der Waals surface area contributed by atoms with Crippen LogP contribution >= 0.6 is 11.3 Å². The molecule has 0 atom stereocenters. The van der Waals surface area contributed by atoms with Gasteiger partial charge < -0.3 is 4.90 Å². The molecule has 0 radical (unpaired) electrons. The maximum Gasteiger partial charge on any atom is 0.278 e. The Labute approximate surface area is 172 Å². The van der Waals surface area contributed by atoms with E-state index in [9.17, 15) is 13.6 Å². The Kier molecular flexibility index (Phi) is 6.28. The van der Waals surface area contributed by atoms with E-state index >= 15 is 0 Å². The smallest absolute Gasteiger partial charge is 0.278 e. The van der Waals surface area contributed by atoms with Gasteiger partial charge in [0, 0.05) is 18.7 Å². The molecular formula is C20H25F2N5OS. The van der Waals surface area contributed by atoms with Crippen LogP contribution in [-0.4, -0.2) is 52.8 Å². The Bertz CT molecular complexity index is 1030. The average Bonchev–Trinajstić information content (AvgIpc) is 3.21. The second-order valence-electron chi connectivity index (χ2n) is 7.55. The lowest BCUT2D eigenvalue weighted by atomic mass is 10.3. The van der Waals surface area contributed by atoms with Crippen LogP contribution in [0.3, 0.4) is 0 Å². The normalized spacial score (nSPS) is 11.8. The number of carbonyl (C=O) groups is 1. The van der Waals surface area contributed by atoms with E-state index in [0.717, 1.165) is 29.6 Å². The molecule has 2 heterocycles. The van der Waals surface area contributed by atoms with Crippen molar-refractivity contribution in [1.29, 1.82) is 0 Å². The van der Waals surface area contributed by atoms with Crippen molar-refractivity contribution < 1.29 is 13.6 Å². The van der Waals surface area contributed by atoms with Crippen molar-refractivity contribution in [3.8, 4) is 0 Å². The summed E-state index contributed by atoms with van der Waals surface area (Å²) < 4.78 is 29.8. The summed E-state index contributed by atoms with van der Waals surface area (Å²) >= 11 is 1.11. The first-order valence-corrected chi connectivity index (χ1v) is 10.3. The number of hydrogen-bond donors (Lipinski definition) is 0. The summed E-state index contributed by atoms with van der Waals surface area (Å²) in [6.07, 6.45) is 0.709. The van der Waals surface area contributed by atoms with E-state index in [1.165, 1.54) is 6.07 Å². The minimum absolute atomic E-state index is 0.00758. The molecule has 156 valence electrons. The number of thiazole rings is 1. The van der Waals surface area contributed by atoms with Crippen LogP contribution in [0, 0.1) is 18.6 Å². The summed E-state index contributed by atoms with van der Waals surface area (Å²) in [4.78, 5) is 21.3. The van der Waals surface area contributed by atoms with E-state index in [1.54, 1.807) is 15.6 Å². The van der Waals surface area contributed by atoms with E-state index < -0.39 is 11.6 Å². The minimum Gasteiger partial charge on any atom is -0.309 e. The SMILES string of the molecule is Cc1cc(C(=O)N(CCCN(C)C)c2nc3c(F)cc(F)cc3s2)n(C(C)C)n1. The molecule has 0 bridgehead atoms. The van der Waals surface area contributed by atoms with Gasteiger partial charge in [-0.25, -0.2) is 13.8 Å². The van der Waals surface area contributed by atoms with Crippen molar-refractivity contribution >= 4 is 32.6 Å². The monoisotopic (exact) mass is 421 g/mol. The van der Waals surface area contributed by atoms with Crippen LogP contribution < -0.4 is 4.90 Å². The highest BCUT2D eigenvalue weighted by Gasteiger charge is 2.26. The van der Waals surface area contributed by atoms with Gasteiger partial charge in [-0.05, 0) is 60.0 Å². The number of nitrogens with zero attached hydrogens (tertiary/aromatic N) is 5. The Morgan fingerprint density at radius 2 is 1.93 bits per heavy atom. The number of aryl methyl sites for hydroxylation is 1. The van der Waals surface area contributed by atoms with Gasteiger partial charge >= 0.3 is 0 Å². The molecule has 0 fully saturated rings. The number of anilines is 1. The van der Waals surface area contributed by atoms with E-state index in [0.29, 0.717) is 28.5 Å². The van der Waals surface area contributed by atoms with Crippen molar-refractivity contribution in [2.45, 2.75) is 33.2 Å². The summed E-state index contributed by atoms with van der Waals surface area (Å²) in [5.74, 6) is -1.64. The largest absolute Gasteiger partial charge is 0.309 e. The van der Waals surface area contributed by atoms with Crippen molar-refractivity contribution in [3.05, 3.63) is 41.2 Å². The fraction of sp³-hybridized carbons (Fsp3) is 0.450. The second-order valence-corrected chi connectivity index (χ2v) is 8.56.